The summed E-state index contributed by atoms with van der Waals surface area (Å²) in [7, 11) is 2.78. The van der Waals surface area contributed by atoms with Crippen LogP contribution in [0.4, 0.5) is 0 Å². The number of carbonyl (C=O) groups is 4. The first-order chi connectivity index (χ1) is 21.4. The van der Waals surface area contributed by atoms with Gasteiger partial charge in [-0.2, -0.15) is 0 Å². The number of ether oxygens (including phenoxy) is 1. The van der Waals surface area contributed by atoms with Crippen molar-refractivity contribution in [3.8, 4) is 5.75 Å². The molecule has 2 aromatic rings. The van der Waals surface area contributed by atoms with Gasteiger partial charge < -0.3 is 48.3 Å². The van der Waals surface area contributed by atoms with Crippen LogP contribution in [0.25, 0.3) is 0 Å². The van der Waals surface area contributed by atoms with Gasteiger partial charge in [0.25, 0.3) is 0 Å². The zero-order valence-corrected chi connectivity index (χ0v) is 25.5. The Morgan fingerprint density at radius 2 is 1.49 bits per heavy atom. The number of carbonyl (C=O) groups excluding carboxylic acids is 4. The first-order valence-electron chi connectivity index (χ1n) is 14.3. The van der Waals surface area contributed by atoms with E-state index in [1.807, 2.05) is 30.3 Å². The molecule has 244 valence electrons. The molecule has 11 N–H and O–H groups in total. The van der Waals surface area contributed by atoms with Gasteiger partial charge in [0.15, 0.2) is 11.9 Å². The lowest BCUT2D eigenvalue weighted by Crippen LogP contribution is -2.56. The van der Waals surface area contributed by atoms with Crippen molar-refractivity contribution in [1.82, 2.24) is 15.5 Å². The Kier molecular flexibility index (Phi) is 14.6. The minimum Gasteiger partial charge on any atom is -0.508 e. The van der Waals surface area contributed by atoms with Crippen molar-refractivity contribution < 1.29 is 29.0 Å². The van der Waals surface area contributed by atoms with Gasteiger partial charge in [0.05, 0.1) is 13.5 Å². The molecular weight excluding hydrogens is 582 g/mol. The molecule has 3 atom stereocenters. The second-order valence-electron chi connectivity index (χ2n) is 10.3. The molecule has 15 nitrogen and oxygen atoms in total. The van der Waals surface area contributed by atoms with Crippen LogP contribution < -0.4 is 33.6 Å². The molecular formula is C30H43N9O6. The second-order valence-corrected chi connectivity index (χ2v) is 10.3. The van der Waals surface area contributed by atoms with Gasteiger partial charge in [0.1, 0.15) is 23.9 Å². The van der Waals surface area contributed by atoms with Crippen molar-refractivity contribution >= 4 is 35.6 Å². The molecule has 0 aliphatic rings. The van der Waals surface area contributed by atoms with Crippen LogP contribution in [0.2, 0.25) is 0 Å². The summed E-state index contributed by atoms with van der Waals surface area (Å²) in [6.07, 6.45) is 0.637. The number of hydrogen-bond acceptors (Lipinski definition) is 8. The number of phenolic OH excluding ortho intramolecular Hbond substituents is 1. The van der Waals surface area contributed by atoms with E-state index in [1.54, 1.807) is 12.1 Å². The molecule has 0 spiro atoms. The van der Waals surface area contributed by atoms with Crippen LogP contribution in [0.5, 0.6) is 5.75 Å². The first kappa shape index (κ1) is 35.9. The molecule has 0 fully saturated rings. The monoisotopic (exact) mass is 625 g/mol. The predicted octanol–water partition coefficient (Wildman–Crippen LogP) is -1.14. The molecule has 0 aliphatic heterocycles. The van der Waals surface area contributed by atoms with Gasteiger partial charge in [-0.3, -0.25) is 24.2 Å². The third-order valence-corrected chi connectivity index (χ3v) is 6.70. The number of benzene rings is 2. The summed E-state index contributed by atoms with van der Waals surface area (Å²) in [5.41, 5.74) is 23.5. The van der Waals surface area contributed by atoms with Crippen LogP contribution in [-0.2, 0) is 36.8 Å². The van der Waals surface area contributed by atoms with Crippen molar-refractivity contribution in [3.05, 3.63) is 65.7 Å². The molecule has 0 bridgehead atoms. The normalized spacial score (nSPS) is 12.5. The summed E-state index contributed by atoms with van der Waals surface area (Å²) in [4.78, 5) is 61.6. The maximum Gasteiger partial charge on any atom is 0.307 e. The summed E-state index contributed by atoms with van der Waals surface area (Å²) in [6.45, 7) is 0.262. The number of likely N-dealkylation sites (N-methyl/N-ethyl adjacent to an activating group) is 1. The smallest absolute Gasteiger partial charge is 0.307 e. The fourth-order valence-corrected chi connectivity index (χ4v) is 4.33. The number of guanidine groups is 2. The average molecular weight is 626 g/mol. The second kappa shape index (κ2) is 18.4. The number of amides is 3. The van der Waals surface area contributed by atoms with E-state index in [2.05, 4.69) is 25.4 Å². The molecule has 0 radical (unpaired) electrons. The lowest BCUT2D eigenvalue weighted by molar-refractivity contribution is -0.142. The molecule has 15 heteroatoms. The molecule has 0 aromatic heterocycles. The number of methoxy groups -OCH3 is 1. The Bertz CT molecular complexity index is 1330. The Morgan fingerprint density at radius 3 is 2.09 bits per heavy atom. The third-order valence-electron chi connectivity index (χ3n) is 6.70. The fourth-order valence-electron chi connectivity index (χ4n) is 4.33. The lowest BCUT2D eigenvalue weighted by atomic mass is 10.0. The highest BCUT2D eigenvalue weighted by Gasteiger charge is 2.30. The van der Waals surface area contributed by atoms with E-state index in [-0.39, 0.29) is 56.4 Å². The van der Waals surface area contributed by atoms with E-state index < -0.39 is 41.8 Å². The number of esters is 1. The van der Waals surface area contributed by atoms with Gasteiger partial charge in [-0.15, -0.1) is 0 Å². The Hall–Kier alpha value is -5.34. The number of hydrogen-bond donors (Lipinski definition) is 7. The molecule has 2 aromatic carbocycles. The zero-order valence-electron chi connectivity index (χ0n) is 25.5. The van der Waals surface area contributed by atoms with Crippen LogP contribution in [0.3, 0.4) is 0 Å². The highest BCUT2D eigenvalue weighted by atomic mass is 16.5. The number of aromatic hydroxyl groups is 1. The minimum absolute atomic E-state index is 0.0264. The zero-order chi connectivity index (χ0) is 33.4. The molecule has 3 amide bonds. The van der Waals surface area contributed by atoms with Crippen LogP contribution in [0.1, 0.15) is 30.4 Å². The maximum absolute atomic E-state index is 13.7. The minimum atomic E-state index is -1.12. The van der Waals surface area contributed by atoms with Crippen molar-refractivity contribution in [2.24, 2.45) is 32.9 Å². The maximum atomic E-state index is 13.7. The topological polar surface area (TPSA) is 254 Å². The molecule has 0 saturated carbocycles. The van der Waals surface area contributed by atoms with Crippen molar-refractivity contribution in [3.63, 3.8) is 0 Å². The number of nitrogens with one attached hydrogen (secondary N) is 2. The highest BCUT2D eigenvalue weighted by molar-refractivity contribution is 5.94. The molecule has 0 heterocycles. The molecule has 0 saturated heterocycles. The van der Waals surface area contributed by atoms with Crippen LogP contribution in [0, 0.1) is 0 Å². The van der Waals surface area contributed by atoms with Gasteiger partial charge in [0, 0.05) is 33.0 Å². The van der Waals surface area contributed by atoms with Gasteiger partial charge in [-0.05, 0) is 36.1 Å². The summed E-state index contributed by atoms with van der Waals surface area (Å²) in [5, 5.41) is 15.1. The fraction of sp³-hybridized carbons (Fsp3) is 0.400. The molecule has 0 aliphatic carbocycles. The number of phenols is 1. The van der Waals surface area contributed by atoms with Crippen molar-refractivity contribution in [2.45, 2.75) is 50.2 Å². The Labute approximate surface area is 262 Å². The largest absolute Gasteiger partial charge is 0.508 e. The van der Waals surface area contributed by atoms with Gasteiger partial charge >= 0.3 is 5.97 Å². The van der Waals surface area contributed by atoms with Crippen LogP contribution in [0.15, 0.2) is 64.6 Å². The van der Waals surface area contributed by atoms with Gasteiger partial charge in [0.2, 0.25) is 17.7 Å². The quantitative estimate of drug-likeness (QED) is 0.0481. The number of rotatable bonds is 17. The van der Waals surface area contributed by atoms with Crippen molar-refractivity contribution in [1.29, 1.82) is 0 Å². The van der Waals surface area contributed by atoms with E-state index >= 15 is 0 Å². The van der Waals surface area contributed by atoms with Gasteiger partial charge in [-0.25, -0.2) is 4.99 Å². The number of nitrogens with zero attached hydrogens (tertiary/aromatic N) is 3. The van der Waals surface area contributed by atoms with E-state index in [0.29, 0.717) is 12.0 Å². The van der Waals surface area contributed by atoms with E-state index in [9.17, 15) is 24.3 Å². The Balaban J connectivity index is 2.31. The van der Waals surface area contributed by atoms with Gasteiger partial charge in [-0.1, -0.05) is 42.5 Å². The number of aliphatic imine (C=N–C) groups is 2. The van der Waals surface area contributed by atoms with Crippen LogP contribution in [-0.4, -0.2) is 91.0 Å². The standard InChI is InChI=1S/C30H43N9O6/c1-39(16-14-25(41)45-2)28(44)24(18-19-7-4-3-5-8-19)37-26(42)22(9-6-15-35-29(31)32)36-27(43)23(38-30(33)34)17-20-10-12-21(40)13-11-20/h3-5,7-8,10-13,22-24,40H,6,9,14-18H2,1-2H3,(H,36,43)(H,37,42)(H4,31,32,35)(H4,33,34,38)/t22-,23+,24+/m1/s1. The molecule has 45 heavy (non-hydrogen) atoms. The van der Waals surface area contributed by atoms with Crippen LogP contribution >= 0.6 is 0 Å². The third kappa shape index (κ3) is 13.2. The molecule has 2 rings (SSSR count). The summed E-state index contributed by atoms with van der Waals surface area (Å²) in [5.74, 6) is -2.58. The predicted molar refractivity (Wildman–Crippen MR) is 170 cm³/mol. The molecule has 0 unspecified atom stereocenters. The summed E-state index contributed by atoms with van der Waals surface area (Å²) >= 11 is 0. The SMILES string of the molecule is COC(=O)CCN(C)C(=O)[C@H](Cc1ccccc1)NC(=O)[C@@H](CCCN=C(N)N)NC(=O)[C@H](Cc1ccc(O)cc1)N=C(N)N. The van der Waals surface area contributed by atoms with E-state index in [0.717, 1.165) is 5.56 Å². The highest BCUT2D eigenvalue weighted by Crippen LogP contribution is 2.14. The lowest BCUT2D eigenvalue weighted by Gasteiger charge is -2.27. The average Bonchev–Trinajstić information content (AvgIpc) is 3.01. The van der Waals surface area contributed by atoms with Crippen molar-refractivity contribution in [2.75, 3.05) is 27.2 Å². The van der Waals surface area contributed by atoms with E-state index in [4.69, 9.17) is 22.9 Å². The van der Waals surface area contributed by atoms with E-state index in [1.165, 1.54) is 31.2 Å². The Morgan fingerprint density at radius 1 is 0.867 bits per heavy atom. The summed E-state index contributed by atoms with van der Waals surface area (Å²) in [6, 6.07) is 12.0. The summed E-state index contributed by atoms with van der Waals surface area (Å²) < 4.78 is 4.67. The first-order valence-corrected chi connectivity index (χ1v) is 14.3. The number of nitrogens with two attached hydrogens (primary N) is 4.